The van der Waals surface area contributed by atoms with Crippen molar-refractivity contribution in [1.29, 1.82) is 0 Å². The summed E-state index contributed by atoms with van der Waals surface area (Å²) in [5.41, 5.74) is -0.468. The van der Waals surface area contributed by atoms with Gasteiger partial charge in [0.25, 0.3) is 0 Å². The van der Waals surface area contributed by atoms with Gasteiger partial charge in [-0.2, -0.15) is 18.3 Å². The van der Waals surface area contributed by atoms with E-state index in [9.17, 15) is 18.0 Å². The van der Waals surface area contributed by atoms with Gasteiger partial charge < -0.3 is 9.15 Å². The average Bonchev–Trinajstić information content (AvgIpc) is 3.26. The van der Waals surface area contributed by atoms with Gasteiger partial charge in [0.05, 0.1) is 5.56 Å². The summed E-state index contributed by atoms with van der Waals surface area (Å²) in [5, 5.41) is 4.00. The lowest BCUT2D eigenvalue weighted by Gasteiger charge is -2.09. The van der Waals surface area contributed by atoms with Gasteiger partial charge in [-0.05, 0) is 48.6 Å². The van der Waals surface area contributed by atoms with Crippen LogP contribution in [-0.2, 0) is 19.8 Å². The van der Waals surface area contributed by atoms with E-state index in [0.717, 1.165) is 12.1 Å². The van der Waals surface area contributed by atoms with Gasteiger partial charge in [-0.1, -0.05) is 6.07 Å². The molecule has 0 radical (unpaired) electrons. The Hall–Kier alpha value is -3.29. The number of furan rings is 1. The quantitative estimate of drug-likeness (QED) is 0.469. The van der Waals surface area contributed by atoms with E-state index in [1.165, 1.54) is 29.0 Å². The molecule has 2 heterocycles. The molecule has 27 heavy (non-hydrogen) atoms. The number of hydrogen-bond acceptors (Lipinski definition) is 4. The Balaban J connectivity index is 1.60. The number of hydrogen-bond donors (Lipinski definition) is 0. The summed E-state index contributed by atoms with van der Waals surface area (Å²) in [6.45, 7) is -0.0384. The number of alkyl halides is 3. The van der Waals surface area contributed by atoms with Crippen LogP contribution in [-0.4, -0.2) is 15.6 Å². The van der Waals surface area contributed by atoms with Crippen molar-refractivity contribution in [3.8, 4) is 5.75 Å². The Morgan fingerprint density at radius 3 is 2.78 bits per heavy atom. The lowest BCUT2D eigenvalue weighted by Crippen LogP contribution is -2.05. The number of aryl methyl sites for hydroxylation is 1. The minimum Gasteiger partial charge on any atom is -0.486 e. The van der Waals surface area contributed by atoms with Crippen LogP contribution in [0.25, 0.3) is 6.08 Å². The summed E-state index contributed by atoms with van der Waals surface area (Å²) in [4.78, 5) is 11.9. The van der Waals surface area contributed by atoms with Gasteiger partial charge in [-0.3, -0.25) is 9.48 Å². The van der Waals surface area contributed by atoms with Crippen LogP contribution >= 0.6 is 0 Å². The van der Waals surface area contributed by atoms with Crippen LogP contribution in [0.5, 0.6) is 5.75 Å². The van der Waals surface area contributed by atoms with E-state index >= 15 is 0 Å². The Morgan fingerprint density at radius 1 is 1.26 bits per heavy atom. The summed E-state index contributed by atoms with van der Waals surface area (Å²) in [5.74, 6) is 0.650. The second kappa shape index (κ2) is 7.53. The third kappa shape index (κ3) is 4.87. The number of benzene rings is 1. The van der Waals surface area contributed by atoms with E-state index in [-0.39, 0.29) is 18.1 Å². The normalized spacial score (nSPS) is 11.9. The van der Waals surface area contributed by atoms with Crippen LogP contribution in [0.2, 0.25) is 0 Å². The molecular weight excluding hydrogens is 361 g/mol. The van der Waals surface area contributed by atoms with Crippen molar-refractivity contribution < 1.29 is 27.1 Å². The standard InChI is InChI=1S/C19H15F3N2O3/c1-24-10-9-17(23-24)18(25)8-7-14-5-6-16(27-14)12-26-15-4-2-3-13(11-15)19(20,21)22/h2-11H,12H2,1H3/b8-7+. The predicted molar refractivity (Wildman–Crippen MR) is 91.1 cm³/mol. The van der Waals surface area contributed by atoms with Gasteiger partial charge in [0.15, 0.2) is 0 Å². The molecule has 0 spiro atoms. The number of nitrogens with zero attached hydrogens (tertiary/aromatic N) is 2. The first kappa shape index (κ1) is 18.5. The van der Waals surface area contributed by atoms with Crippen LogP contribution < -0.4 is 4.74 Å². The number of rotatable bonds is 6. The highest BCUT2D eigenvalue weighted by Crippen LogP contribution is 2.31. The van der Waals surface area contributed by atoms with Crippen molar-refractivity contribution >= 4 is 11.9 Å². The van der Waals surface area contributed by atoms with Gasteiger partial charge in [0.2, 0.25) is 5.78 Å². The molecular formula is C19H15F3N2O3. The predicted octanol–water partition coefficient (Wildman–Crippen LogP) is 4.51. The van der Waals surface area contributed by atoms with Crippen LogP contribution in [0, 0.1) is 0 Å². The molecule has 0 atom stereocenters. The molecule has 3 aromatic rings. The first-order valence-corrected chi connectivity index (χ1v) is 7.92. The van der Waals surface area contributed by atoms with Crippen molar-refractivity contribution in [3.63, 3.8) is 0 Å². The fourth-order valence-electron chi connectivity index (χ4n) is 2.27. The summed E-state index contributed by atoms with van der Waals surface area (Å²) in [6.07, 6.45) is 0.0583. The van der Waals surface area contributed by atoms with Crippen molar-refractivity contribution in [2.24, 2.45) is 7.05 Å². The van der Waals surface area contributed by atoms with E-state index in [0.29, 0.717) is 17.2 Å². The second-order valence-corrected chi connectivity index (χ2v) is 5.69. The molecule has 0 fully saturated rings. The topological polar surface area (TPSA) is 57.3 Å². The average molecular weight is 376 g/mol. The van der Waals surface area contributed by atoms with Gasteiger partial charge in [0, 0.05) is 13.2 Å². The molecule has 0 bridgehead atoms. The number of ketones is 1. The molecule has 0 unspecified atom stereocenters. The van der Waals surface area contributed by atoms with Crippen molar-refractivity contribution in [2.45, 2.75) is 12.8 Å². The van der Waals surface area contributed by atoms with E-state index < -0.39 is 11.7 Å². The lowest BCUT2D eigenvalue weighted by atomic mass is 10.2. The van der Waals surface area contributed by atoms with Crippen molar-refractivity contribution in [1.82, 2.24) is 9.78 Å². The summed E-state index contributed by atoms with van der Waals surface area (Å²) >= 11 is 0. The maximum atomic E-state index is 12.7. The van der Waals surface area contributed by atoms with Gasteiger partial charge in [-0.25, -0.2) is 0 Å². The Labute approximate surface area is 152 Å². The van der Waals surface area contributed by atoms with Crippen LogP contribution in [0.3, 0.4) is 0 Å². The minimum absolute atomic E-state index is 0.0384. The summed E-state index contributed by atoms with van der Waals surface area (Å²) in [6, 6.07) is 9.47. The van der Waals surface area contributed by atoms with E-state index in [1.807, 2.05) is 0 Å². The number of allylic oxidation sites excluding steroid dienone is 1. The van der Waals surface area contributed by atoms with Gasteiger partial charge in [-0.15, -0.1) is 0 Å². The Kier molecular flexibility index (Phi) is 5.16. The SMILES string of the molecule is Cn1ccc(C(=O)/C=C/c2ccc(COc3cccc(C(F)(F)F)c3)o2)n1. The second-order valence-electron chi connectivity index (χ2n) is 5.69. The molecule has 0 aliphatic heterocycles. The smallest absolute Gasteiger partial charge is 0.416 e. The number of carbonyl (C=O) groups is 1. The van der Waals surface area contributed by atoms with E-state index in [4.69, 9.17) is 9.15 Å². The maximum Gasteiger partial charge on any atom is 0.416 e. The van der Waals surface area contributed by atoms with Crippen LogP contribution in [0.1, 0.15) is 27.6 Å². The third-order valence-electron chi connectivity index (χ3n) is 3.59. The molecule has 3 rings (SSSR count). The molecule has 5 nitrogen and oxygen atoms in total. The molecule has 0 aliphatic rings. The lowest BCUT2D eigenvalue weighted by molar-refractivity contribution is -0.137. The zero-order valence-electron chi connectivity index (χ0n) is 14.2. The third-order valence-corrected chi connectivity index (χ3v) is 3.59. The number of aromatic nitrogens is 2. The molecule has 0 saturated heterocycles. The van der Waals surface area contributed by atoms with E-state index in [1.54, 1.807) is 31.4 Å². The molecule has 0 aliphatic carbocycles. The number of ether oxygens (including phenoxy) is 1. The molecule has 0 amide bonds. The minimum atomic E-state index is -4.43. The number of halogens is 3. The molecule has 0 saturated carbocycles. The van der Waals surface area contributed by atoms with Gasteiger partial charge in [0.1, 0.15) is 29.6 Å². The maximum absolute atomic E-state index is 12.7. The first-order chi connectivity index (χ1) is 12.8. The largest absolute Gasteiger partial charge is 0.486 e. The van der Waals surface area contributed by atoms with Gasteiger partial charge >= 0.3 is 6.18 Å². The molecule has 0 N–H and O–H groups in total. The summed E-state index contributed by atoms with van der Waals surface area (Å²) < 4.78 is 50.4. The highest BCUT2D eigenvalue weighted by Gasteiger charge is 2.30. The molecule has 140 valence electrons. The fourth-order valence-corrected chi connectivity index (χ4v) is 2.27. The zero-order chi connectivity index (χ0) is 19.4. The highest BCUT2D eigenvalue weighted by molar-refractivity contribution is 6.05. The monoisotopic (exact) mass is 376 g/mol. The number of carbonyl (C=O) groups excluding carboxylic acids is 1. The zero-order valence-corrected chi connectivity index (χ0v) is 14.2. The van der Waals surface area contributed by atoms with Crippen molar-refractivity contribution in [3.05, 3.63) is 77.5 Å². The highest BCUT2D eigenvalue weighted by atomic mass is 19.4. The molecule has 2 aromatic heterocycles. The van der Waals surface area contributed by atoms with Crippen LogP contribution in [0.4, 0.5) is 13.2 Å². The molecule has 1 aromatic carbocycles. The Bertz CT molecular complexity index is 970. The summed E-state index contributed by atoms with van der Waals surface area (Å²) in [7, 11) is 1.71. The molecule has 8 heteroatoms. The first-order valence-electron chi connectivity index (χ1n) is 7.92. The fraction of sp³-hybridized carbons (Fsp3) is 0.158. The van der Waals surface area contributed by atoms with Crippen LogP contribution in [0.15, 0.2) is 59.2 Å². The Morgan fingerprint density at radius 2 is 2.07 bits per heavy atom. The van der Waals surface area contributed by atoms with Crippen molar-refractivity contribution in [2.75, 3.05) is 0 Å². The van der Waals surface area contributed by atoms with E-state index in [2.05, 4.69) is 5.10 Å².